The molecular weight excluding hydrogens is 470 g/mol. The Morgan fingerprint density at radius 2 is 1.57 bits per heavy atom. The summed E-state index contributed by atoms with van der Waals surface area (Å²) < 4.78 is 21.7. The highest BCUT2D eigenvalue weighted by Gasteiger charge is 2.42. The summed E-state index contributed by atoms with van der Waals surface area (Å²) in [5.41, 5.74) is 4.07. The Morgan fingerprint density at radius 1 is 0.943 bits per heavy atom. The first-order chi connectivity index (χ1) is 16.8. The first kappa shape index (κ1) is 24.7. The second kappa shape index (κ2) is 10.0. The van der Waals surface area contributed by atoms with Gasteiger partial charge in [-0.15, -0.1) is 0 Å². The van der Waals surface area contributed by atoms with Gasteiger partial charge < -0.3 is 24.3 Å². The van der Waals surface area contributed by atoms with Crippen LogP contribution in [0.5, 0.6) is 17.2 Å². The first-order valence-corrected chi connectivity index (χ1v) is 11.6. The average molecular weight is 498 g/mol. The predicted octanol–water partition coefficient (Wildman–Crippen LogP) is 4.90. The molecule has 7 nitrogen and oxygen atoms in total. The number of ether oxygens (including phenoxy) is 4. The number of ketones is 1. The predicted molar refractivity (Wildman–Crippen MR) is 132 cm³/mol. The Morgan fingerprint density at radius 3 is 2.11 bits per heavy atom. The van der Waals surface area contributed by atoms with E-state index >= 15 is 0 Å². The van der Waals surface area contributed by atoms with Gasteiger partial charge >= 0.3 is 5.97 Å². The highest BCUT2D eigenvalue weighted by molar-refractivity contribution is 6.30. The van der Waals surface area contributed by atoms with Crippen LogP contribution < -0.4 is 19.5 Å². The van der Waals surface area contributed by atoms with Gasteiger partial charge in [0.1, 0.15) is 0 Å². The van der Waals surface area contributed by atoms with E-state index in [1.165, 1.54) is 28.4 Å². The maximum atomic E-state index is 13.7. The van der Waals surface area contributed by atoms with Crippen molar-refractivity contribution in [1.82, 2.24) is 5.32 Å². The maximum Gasteiger partial charge on any atom is 0.336 e. The van der Waals surface area contributed by atoms with Crippen LogP contribution in [0.25, 0.3) is 0 Å². The summed E-state index contributed by atoms with van der Waals surface area (Å²) in [6, 6.07) is 11.1. The van der Waals surface area contributed by atoms with Crippen LogP contribution in [0.4, 0.5) is 0 Å². The van der Waals surface area contributed by atoms with Gasteiger partial charge in [0.05, 0.1) is 34.0 Å². The van der Waals surface area contributed by atoms with Gasteiger partial charge in [0.15, 0.2) is 17.3 Å². The summed E-state index contributed by atoms with van der Waals surface area (Å²) in [4.78, 5) is 26.6. The Bertz CT molecular complexity index is 1210. The van der Waals surface area contributed by atoms with Crippen molar-refractivity contribution in [1.29, 1.82) is 0 Å². The van der Waals surface area contributed by atoms with Crippen molar-refractivity contribution in [3.05, 3.63) is 75.1 Å². The van der Waals surface area contributed by atoms with Crippen molar-refractivity contribution < 1.29 is 28.5 Å². The standard InChI is InChI=1S/C27H28ClNO6/c1-14-23(27(31)35-5)24(17-12-21(32-2)26(34-4)22(13-17)33-3)25-19(29-14)10-16(11-20(25)30)15-6-8-18(28)9-7-15/h6-9,12-13,16,24,29H,10-11H2,1-5H3/t16-,24+/m0/s1. The molecule has 0 bridgehead atoms. The Labute approximate surface area is 209 Å². The lowest BCUT2D eigenvalue weighted by Gasteiger charge is -2.36. The number of esters is 1. The molecule has 0 saturated carbocycles. The summed E-state index contributed by atoms with van der Waals surface area (Å²) in [5.74, 6) is 0.114. The van der Waals surface area contributed by atoms with Gasteiger partial charge in [-0.2, -0.15) is 0 Å². The molecule has 2 aliphatic rings. The normalized spacial score (nSPS) is 19.7. The zero-order chi connectivity index (χ0) is 25.3. The maximum absolute atomic E-state index is 13.7. The number of nitrogens with one attached hydrogen (secondary N) is 1. The number of hydrogen-bond donors (Lipinski definition) is 1. The van der Waals surface area contributed by atoms with Crippen LogP contribution in [-0.2, 0) is 14.3 Å². The van der Waals surface area contributed by atoms with Crippen LogP contribution in [0.1, 0.15) is 42.7 Å². The molecule has 1 N–H and O–H groups in total. The zero-order valence-corrected chi connectivity index (χ0v) is 21.1. The molecule has 0 radical (unpaired) electrons. The molecule has 1 aliphatic carbocycles. The van der Waals surface area contributed by atoms with Gasteiger partial charge in [-0.05, 0) is 54.7 Å². The molecule has 184 valence electrons. The molecule has 0 spiro atoms. The molecule has 35 heavy (non-hydrogen) atoms. The second-order valence-corrected chi connectivity index (χ2v) is 8.96. The van der Waals surface area contributed by atoms with E-state index in [9.17, 15) is 9.59 Å². The van der Waals surface area contributed by atoms with Crippen LogP contribution in [0.3, 0.4) is 0 Å². The van der Waals surface area contributed by atoms with Crippen molar-refractivity contribution in [2.24, 2.45) is 0 Å². The number of carbonyl (C=O) groups excluding carboxylic acids is 2. The number of allylic oxidation sites excluding steroid dienone is 3. The number of rotatable bonds is 6. The van der Waals surface area contributed by atoms with Gasteiger partial charge in [0.25, 0.3) is 0 Å². The fourth-order valence-electron chi connectivity index (χ4n) is 4.99. The molecule has 2 atom stereocenters. The minimum atomic E-state index is -0.647. The van der Waals surface area contributed by atoms with Crippen LogP contribution in [0.15, 0.2) is 58.9 Å². The smallest absolute Gasteiger partial charge is 0.336 e. The molecule has 2 aromatic carbocycles. The van der Waals surface area contributed by atoms with E-state index < -0.39 is 11.9 Å². The van der Waals surface area contributed by atoms with Crippen LogP contribution in [-0.4, -0.2) is 40.2 Å². The van der Waals surface area contributed by atoms with Crippen molar-refractivity contribution in [3.63, 3.8) is 0 Å². The molecule has 4 rings (SSSR count). The molecule has 0 amide bonds. The van der Waals surface area contributed by atoms with Gasteiger partial charge in [0.2, 0.25) is 5.75 Å². The van der Waals surface area contributed by atoms with Gasteiger partial charge in [0, 0.05) is 34.3 Å². The number of carbonyl (C=O) groups is 2. The molecule has 8 heteroatoms. The third-order valence-corrected chi connectivity index (χ3v) is 6.85. The lowest BCUT2D eigenvalue weighted by atomic mass is 9.71. The fraction of sp³-hybridized carbons (Fsp3) is 0.333. The Kier molecular flexibility index (Phi) is 7.08. The molecule has 2 aromatic rings. The van der Waals surface area contributed by atoms with Crippen LogP contribution in [0, 0.1) is 0 Å². The van der Waals surface area contributed by atoms with Gasteiger partial charge in [-0.3, -0.25) is 4.79 Å². The van der Waals surface area contributed by atoms with E-state index in [1.54, 1.807) is 12.1 Å². The fourth-order valence-corrected chi connectivity index (χ4v) is 5.12. The Hall–Kier alpha value is -3.45. The number of hydrogen-bond acceptors (Lipinski definition) is 7. The molecule has 0 fully saturated rings. The Balaban J connectivity index is 1.87. The summed E-state index contributed by atoms with van der Waals surface area (Å²) >= 11 is 6.06. The number of halogens is 1. The monoisotopic (exact) mass is 497 g/mol. The molecular formula is C27H28ClNO6. The van der Waals surface area contributed by atoms with E-state index in [-0.39, 0.29) is 11.7 Å². The first-order valence-electron chi connectivity index (χ1n) is 11.2. The number of dihydropyridines is 1. The SMILES string of the molecule is COC(=O)C1=C(C)NC2=C(C(=O)C[C@@H](c3ccc(Cl)cc3)C2)[C@@H]1c1cc(OC)c(OC)c(OC)c1. The van der Waals surface area contributed by atoms with Gasteiger partial charge in [-0.25, -0.2) is 4.79 Å². The zero-order valence-electron chi connectivity index (χ0n) is 20.4. The van der Waals surface area contributed by atoms with E-state index in [4.69, 9.17) is 30.5 Å². The summed E-state index contributed by atoms with van der Waals surface area (Å²) in [5, 5.41) is 3.98. The summed E-state index contributed by atoms with van der Waals surface area (Å²) in [6.07, 6.45) is 0.937. The molecule has 0 saturated heterocycles. The van der Waals surface area contributed by atoms with E-state index in [1.807, 2.05) is 31.2 Å². The lowest BCUT2D eigenvalue weighted by Crippen LogP contribution is -2.36. The molecule has 1 heterocycles. The third kappa shape index (κ3) is 4.48. The largest absolute Gasteiger partial charge is 0.493 e. The topological polar surface area (TPSA) is 83.1 Å². The molecule has 0 unspecified atom stereocenters. The van der Waals surface area contributed by atoms with Crippen molar-refractivity contribution in [2.75, 3.05) is 28.4 Å². The molecule has 1 aliphatic heterocycles. The minimum absolute atomic E-state index is 0.000849. The highest BCUT2D eigenvalue weighted by atomic mass is 35.5. The quantitative estimate of drug-likeness (QED) is 0.568. The van der Waals surface area contributed by atoms with Crippen molar-refractivity contribution >= 4 is 23.4 Å². The molecule has 0 aromatic heterocycles. The van der Waals surface area contributed by atoms with E-state index in [2.05, 4.69) is 5.32 Å². The minimum Gasteiger partial charge on any atom is -0.493 e. The van der Waals surface area contributed by atoms with Crippen LogP contribution in [0.2, 0.25) is 5.02 Å². The second-order valence-electron chi connectivity index (χ2n) is 8.52. The summed E-state index contributed by atoms with van der Waals surface area (Å²) in [6.45, 7) is 1.82. The third-order valence-electron chi connectivity index (χ3n) is 6.59. The summed E-state index contributed by atoms with van der Waals surface area (Å²) in [7, 11) is 5.91. The number of Topliss-reactive ketones (excluding diaryl/α,β-unsaturated/α-hetero) is 1. The van der Waals surface area contributed by atoms with Crippen molar-refractivity contribution in [2.45, 2.75) is 31.6 Å². The average Bonchev–Trinajstić information content (AvgIpc) is 2.86. The van der Waals surface area contributed by atoms with Crippen LogP contribution >= 0.6 is 11.6 Å². The highest BCUT2D eigenvalue weighted by Crippen LogP contribution is 2.49. The number of methoxy groups -OCH3 is 4. The lowest BCUT2D eigenvalue weighted by molar-refractivity contribution is -0.136. The number of benzene rings is 2. The van der Waals surface area contributed by atoms with Gasteiger partial charge in [-0.1, -0.05) is 23.7 Å². The van der Waals surface area contributed by atoms with E-state index in [0.717, 1.165) is 11.3 Å². The van der Waals surface area contributed by atoms with Crippen molar-refractivity contribution in [3.8, 4) is 17.2 Å². The van der Waals surface area contributed by atoms with E-state index in [0.29, 0.717) is 57.5 Å².